The van der Waals surface area contributed by atoms with Gasteiger partial charge in [-0.25, -0.2) is 0 Å². The average Bonchev–Trinajstić information content (AvgIpc) is 3.18. The summed E-state index contributed by atoms with van der Waals surface area (Å²) >= 11 is 0. The second kappa shape index (κ2) is 8.49. The standard InChI is InChI=1S/C21H33N3O4/c1-15(2)19-22-18(23-28-19)13-16-3-12-27-21(14-16)6-8-24(9-7-21)20(25)17-4-10-26-11-5-17/h15-17H,3-14H2,1-2H3. The molecule has 0 aliphatic carbocycles. The van der Waals surface area contributed by atoms with Crippen molar-refractivity contribution in [3.63, 3.8) is 0 Å². The maximum absolute atomic E-state index is 12.8. The largest absolute Gasteiger partial charge is 0.381 e. The van der Waals surface area contributed by atoms with Crippen LogP contribution < -0.4 is 0 Å². The summed E-state index contributed by atoms with van der Waals surface area (Å²) in [5.74, 6) is 2.79. The normalized spacial score (nSPS) is 26.1. The van der Waals surface area contributed by atoms with Gasteiger partial charge in [0.15, 0.2) is 5.82 Å². The summed E-state index contributed by atoms with van der Waals surface area (Å²) in [6.07, 6.45) is 6.51. The first-order chi connectivity index (χ1) is 13.5. The molecule has 3 aliphatic heterocycles. The molecule has 0 N–H and O–H groups in total. The van der Waals surface area contributed by atoms with E-state index < -0.39 is 0 Å². The molecule has 3 saturated heterocycles. The lowest BCUT2D eigenvalue weighted by Crippen LogP contribution is -2.52. The van der Waals surface area contributed by atoms with Crippen LogP contribution in [-0.2, 0) is 20.7 Å². The van der Waals surface area contributed by atoms with Crippen LogP contribution in [-0.4, -0.2) is 59.5 Å². The van der Waals surface area contributed by atoms with Gasteiger partial charge in [-0.1, -0.05) is 19.0 Å². The number of amides is 1. The molecule has 3 aliphatic rings. The minimum Gasteiger partial charge on any atom is -0.381 e. The van der Waals surface area contributed by atoms with E-state index >= 15 is 0 Å². The van der Waals surface area contributed by atoms with Crippen LogP contribution in [0.2, 0.25) is 0 Å². The Morgan fingerprint density at radius 3 is 2.61 bits per heavy atom. The van der Waals surface area contributed by atoms with Crippen LogP contribution in [0.5, 0.6) is 0 Å². The van der Waals surface area contributed by atoms with Gasteiger partial charge in [0.2, 0.25) is 11.8 Å². The predicted octanol–water partition coefficient (Wildman–Crippen LogP) is 2.95. The Morgan fingerprint density at radius 2 is 1.93 bits per heavy atom. The van der Waals surface area contributed by atoms with Gasteiger partial charge in [-0.05, 0) is 44.4 Å². The number of hydrogen-bond donors (Lipinski definition) is 0. The monoisotopic (exact) mass is 391 g/mol. The van der Waals surface area contributed by atoms with Crippen LogP contribution >= 0.6 is 0 Å². The molecule has 1 spiro atoms. The number of rotatable bonds is 4. The zero-order valence-corrected chi connectivity index (χ0v) is 17.2. The van der Waals surface area contributed by atoms with Crippen LogP contribution in [0.25, 0.3) is 0 Å². The predicted molar refractivity (Wildman–Crippen MR) is 103 cm³/mol. The number of ether oxygens (including phenoxy) is 2. The summed E-state index contributed by atoms with van der Waals surface area (Å²) in [6, 6.07) is 0. The molecule has 4 rings (SSSR count). The lowest BCUT2D eigenvalue weighted by atomic mass is 9.78. The van der Waals surface area contributed by atoms with Gasteiger partial charge in [0.1, 0.15) is 0 Å². The average molecular weight is 392 g/mol. The molecular formula is C21H33N3O4. The number of likely N-dealkylation sites (tertiary alicyclic amines) is 1. The van der Waals surface area contributed by atoms with E-state index in [0.29, 0.717) is 25.0 Å². The molecule has 156 valence electrons. The Hall–Kier alpha value is -1.47. The smallest absolute Gasteiger partial charge is 0.229 e. The molecule has 1 atom stereocenters. The summed E-state index contributed by atoms with van der Waals surface area (Å²) in [5, 5.41) is 4.16. The van der Waals surface area contributed by atoms with Crippen molar-refractivity contribution in [2.45, 2.75) is 70.3 Å². The van der Waals surface area contributed by atoms with Crippen LogP contribution in [0, 0.1) is 11.8 Å². The maximum atomic E-state index is 12.8. The van der Waals surface area contributed by atoms with Crippen molar-refractivity contribution in [2.75, 3.05) is 32.9 Å². The third kappa shape index (κ3) is 4.40. The number of hydrogen-bond acceptors (Lipinski definition) is 6. The van der Waals surface area contributed by atoms with E-state index in [-0.39, 0.29) is 17.4 Å². The Kier molecular flexibility index (Phi) is 6.01. The molecule has 7 heteroatoms. The van der Waals surface area contributed by atoms with Gasteiger partial charge < -0.3 is 18.9 Å². The van der Waals surface area contributed by atoms with E-state index in [9.17, 15) is 4.79 Å². The zero-order chi connectivity index (χ0) is 19.6. The van der Waals surface area contributed by atoms with Crippen molar-refractivity contribution >= 4 is 5.91 Å². The molecule has 1 amide bonds. The quantitative estimate of drug-likeness (QED) is 0.785. The van der Waals surface area contributed by atoms with Gasteiger partial charge in [0.25, 0.3) is 0 Å². The second-order valence-corrected chi connectivity index (χ2v) is 9.01. The lowest BCUT2D eigenvalue weighted by Gasteiger charge is -2.46. The highest BCUT2D eigenvalue weighted by Gasteiger charge is 2.42. The molecule has 1 aromatic rings. The fourth-order valence-electron chi connectivity index (χ4n) is 4.83. The van der Waals surface area contributed by atoms with Crippen LogP contribution in [0.3, 0.4) is 0 Å². The molecule has 1 unspecified atom stereocenters. The minimum atomic E-state index is -0.0833. The van der Waals surface area contributed by atoms with E-state index in [2.05, 4.69) is 28.9 Å². The minimum absolute atomic E-state index is 0.0833. The van der Waals surface area contributed by atoms with E-state index in [1.54, 1.807) is 0 Å². The van der Waals surface area contributed by atoms with Crippen molar-refractivity contribution in [3.8, 4) is 0 Å². The van der Waals surface area contributed by atoms with Gasteiger partial charge in [0, 0.05) is 51.2 Å². The Bertz CT molecular complexity index is 660. The van der Waals surface area contributed by atoms with Gasteiger partial charge in [-0.3, -0.25) is 4.79 Å². The van der Waals surface area contributed by atoms with Crippen molar-refractivity contribution < 1.29 is 18.8 Å². The summed E-state index contributed by atoms with van der Waals surface area (Å²) in [6.45, 7) is 7.96. The lowest BCUT2D eigenvalue weighted by molar-refractivity contribution is -0.152. The zero-order valence-electron chi connectivity index (χ0n) is 17.2. The van der Waals surface area contributed by atoms with Crippen LogP contribution in [0.1, 0.15) is 70.0 Å². The van der Waals surface area contributed by atoms with Gasteiger partial charge in [0.05, 0.1) is 5.60 Å². The number of piperidine rings is 1. The molecule has 1 aromatic heterocycles. The SMILES string of the molecule is CC(C)c1nc(CC2CCOC3(CCN(C(=O)C4CCOCC4)CC3)C2)no1. The first-order valence-corrected chi connectivity index (χ1v) is 10.9. The van der Waals surface area contributed by atoms with Gasteiger partial charge in [-0.2, -0.15) is 4.98 Å². The molecule has 0 radical (unpaired) electrons. The van der Waals surface area contributed by atoms with Crippen molar-refractivity contribution in [1.29, 1.82) is 0 Å². The second-order valence-electron chi connectivity index (χ2n) is 9.01. The Labute approximate surface area is 167 Å². The summed E-state index contributed by atoms with van der Waals surface area (Å²) in [4.78, 5) is 19.4. The molecule has 0 bridgehead atoms. The third-order valence-corrected chi connectivity index (χ3v) is 6.60. The highest BCUT2D eigenvalue weighted by molar-refractivity contribution is 5.79. The third-order valence-electron chi connectivity index (χ3n) is 6.60. The topological polar surface area (TPSA) is 77.7 Å². The van der Waals surface area contributed by atoms with Gasteiger partial charge in [-0.15, -0.1) is 0 Å². The fraction of sp³-hybridized carbons (Fsp3) is 0.857. The number of aromatic nitrogens is 2. The number of carbonyl (C=O) groups is 1. The molecular weight excluding hydrogens is 358 g/mol. The van der Waals surface area contributed by atoms with Gasteiger partial charge >= 0.3 is 0 Å². The summed E-state index contributed by atoms with van der Waals surface area (Å²) in [7, 11) is 0. The molecule has 4 heterocycles. The van der Waals surface area contributed by atoms with Crippen LogP contribution in [0.4, 0.5) is 0 Å². The molecule has 0 aromatic carbocycles. The number of nitrogens with zero attached hydrogens (tertiary/aromatic N) is 3. The van der Waals surface area contributed by atoms with E-state index in [1.165, 1.54) is 0 Å². The summed E-state index contributed by atoms with van der Waals surface area (Å²) < 4.78 is 17.0. The first-order valence-electron chi connectivity index (χ1n) is 10.9. The molecule has 7 nitrogen and oxygen atoms in total. The molecule has 3 fully saturated rings. The maximum Gasteiger partial charge on any atom is 0.229 e. The van der Waals surface area contributed by atoms with E-state index in [0.717, 1.165) is 76.4 Å². The van der Waals surface area contributed by atoms with Crippen molar-refractivity contribution in [3.05, 3.63) is 11.7 Å². The number of carbonyl (C=O) groups excluding carboxylic acids is 1. The Morgan fingerprint density at radius 1 is 1.18 bits per heavy atom. The van der Waals surface area contributed by atoms with Crippen LogP contribution in [0.15, 0.2) is 4.52 Å². The molecule has 0 saturated carbocycles. The Balaban J connectivity index is 1.31. The molecule has 28 heavy (non-hydrogen) atoms. The first kappa shape index (κ1) is 19.8. The fourth-order valence-corrected chi connectivity index (χ4v) is 4.83. The van der Waals surface area contributed by atoms with Crippen molar-refractivity contribution in [2.24, 2.45) is 11.8 Å². The van der Waals surface area contributed by atoms with Crippen molar-refractivity contribution in [1.82, 2.24) is 15.0 Å². The summed E-state index contributed by atoms with van der Waals surface area (Å²) in [5.41, 5.74) is -0.0833. The highest BCUT2D eigenvalue weighted by atomic mass is 16.5. The van der Waals surface area contributed by atoms with E-state index in [4.69, 9.17) is 14.0 Å². The van der Waals surface area contributed by atoms with E-state index in [1.807, 2.05) is 0 Å². The highest BCUT2D eigenvalue weighted by Crippen LogP contribution is 2.39.